The molecule has 0 amide bonds. The molecule has 2 rings (SSSR count). The van der Waals surface area contributed by atoms with E-state index in [2.05, 4.69) is 5.32 Å². The Labute approximate surface area is 117 Å². The minimum atomic E-state index is -0.673. The summed E-state index contributed by atoms with van der Waals surface area (Å²) in [5, 5.41) is 12.8. The van der Waals surface area contributed by atoms with Crippen LogP contribution in [-0.4, -0.2) is 24.4 Å². The van der Waals surface area contributed by atoms with Crippen molar-refractivity contribution in [2.75, 3.05) is 18.5 Å². The highest BCUT2D eigenvalue weighted by Gasteiger charge is 2.07. The Morgan fingerprint density at radius 1 is 1.35 bits per heavy atom. The third-order valence-corrected chi connectivity index (χ3v) is 2.93. The van der Waals surface area contributed by atoms with Gasteiger partial charge in [-0.25, -0.2) is 4.39 Å². The molecule has 2 aromatic rings. The molecule has 1 unspecified atom stereocenters. The number of rotatable bonds is 7. The van der Waals surface area contributed by atoms with E-state index in [4.69, 9.17) is 9.15 Å². The van der Waals surface area contributed by atoms with Crippen LogP contribution in [0.3, 0.4) is 0 Å². The summed E-state index contributed by atoms with van der Waals surface area (Å²) in [6.45, 7) is 2.49. The number of hydrogen-bond acceptors (Lipinski definition) is 4. The number of aliphatic hydroxyl groups excluding tert-OH is 1. The molecule has 0 aliphatic rings. The molecule has 0 aliphatic heterocycles. The van der Waals surface area contributed by atoms with Crippen LogP contribution in [0.1, 0.15) is 11.3 Å². The predicted octanol–water partition coefficient (Wildman–Crippen LogP) is 2.72. The number of nitrogens with one attached hydrogen (secondary N) is 1. The maximum Gasteiger partial charge on any atom is 0.129 e. The molecule has 1 aromatic heterocycles. The van der Waals surface area contributed by atoms with E-state index in [9.17, 15) is 9.50 Å². The Hall–Kier alpha value is -1.85. The van der Waals surface area contributed by atoms with Gasteiger partial charge in [-0.3, -0.25) is 0 Å². The van der Waals surface area contributed by atoms with Crippen molar-refractivity contribution in [3.05, 3.63) is 53.7 Å². The Kier molecular flexibility index (Phi) is 5.15. The number of anilines is 1. The fourth-order valence-electron chi connectivity index (χ4n) is 1.78. The van der Waals surface area contributed by atoms with Crippen molar-refractivity contribution in [3.63, 3.8) is 0 Å². The topological polar surface area (TPSA) is 54.6 Å². The van der Waals surface area contributed by atoms with E-state index in [-0.39, 0.29) is 12.4 Å². The third kappa shape index (κ3) is 4.08. The van der Waals surface area contributed by atoms with Gasteiger partial charge in [0.1, 0.15) is 18.2 Å². The molecule has 5 heteroatoms. The average Bonchev–Trinajstić information content (AvgIpc) is 2.94. The van der Waals surface area contributed by atoms with Gasteiger partial charge in [-0.15, -0.1) is 0 Å². The van der Waals surface area contributed by atoms with Crippen LogP contribution in [-0.2, 0) is 11.3 Å². The first-order valence-electron chi connectivity index (χ1n) is 6.44. The predicted molar refractivity (Wildman–Crippen MR) is 74.0 cm³/mol. The van der Waals surface area contributed by atoms with Crippen LogP contribution >= 0.6 is 0 Å². The standard InChI is InChI=1S/C15H18FNO3/c1-11-14(16)5-2-6-15(11)17-8-12(18)9-19-10-13-4-3-7-20-13/h2-7,12,17-18H,8-10H2,1H3. The van der Waals surface area contributed by atoms with Gasteiger partial charge in [0, 0.05) is 17.8 Å². The van der Waals surface area contributed by atoms with Crippen molar-refractivity contribution < 1.29 is 18.7 Å². The number of furan rings is 1. The normalized spacial score (nSPS) is 12.3. The van der Waals surface area contributed by atoms with Crippen molar-refractivity contribution in [1.82, 2.24) is 0 Å². The van der Waals surface area contributed by atoms with Gasteiger partial charge < -0.3 is 19.6 Å². The lowest BCUT2D eigenvalue weighted by Gasteiger charge is -2.14. The molecule has 20 heavy (non-hydrogen) atoms. The maximum absolute atomic E-state index is 13.3. The van der Waals surface area contributed by atoms with Crippen molar-refractivity contribution in [3.8, 4) is 0 Å². The Morgan fingerprint density at radius 3 is 2.95 bits per heavy atom. The number of benzene rings is 1. The largest absolute Gasteiger partial charge is 0.467 e. The van der Waals surface area contributed by atoms with Crippen molar-refractivity contribution in [1.29, 1.82) is 0 Å². The highest BCUT2D eigenvalue weighted by atomic mass is 19.1. The van der Waals surface area contributed by atoms with E-state index in [1.54, 1.807) is 37.5 Å². The van der Waals surface area contributed by atoms with Crippen LogP contribution in [0.25, 0.3) is 0 Å². The van der Waals surface area contributed by atoms with E-state index >= 15 is 0 Å². The summed E-state index contributed by atoms with van der Waals surface area (Å²) in [5.41, 5.74) is 1.21. The molecule has 1 aromatic carbocycles. The summed E-state index contributed by atoms with van der Waals surface area (Å²) in [6, 6.07) is 8.40. The van der Waals surface area contributed by atoms with Gasteiger partial charge in [0.2, 0.25) is 0 Å². The molecule has 0 saturated heterocycles. The summed E-state index contributed by atoms with van der Waals surface area (Å²) in [6.07, 6.45) is 0.899. The van der Waals surface area contributed by atoms with Gasteiger partial charge in [-0.1, -0.05) is 6.07 Å². The zero-order valence-electron chi connectivity index (χ0n) is 11.3. The second kappa shape index (κ2) is 7.07. The zero-order valence-corrected chi connectivity index (χ0v) is 11.3. The molecule has 4 nitrogen and oxygen atoms in total. The number of halogens is 1. The molecule has 0 spiro atoms. The monoisotopic (exact) mass is 279 g/mol. The van der Waals surface area contributed by atoms with Crippen LogP contribution in [0.15, 0.2) is 41.0 Å². The second-order valence-electron chi connectivity index (χ2n) is 4.54. The first-order chi connectivity index (χ1) is 9.66. The summed E-state index contributed by atoms with van der Waals surface area (Å²) >= 11 is 0. The van der Waals surface area contributed by atoms with E-state index < -0.39 is 6.10 Å². The van der Waals surface area contributed by atoms with E-state index in [1.165, 1.54) is 6.07 Å². The van der Waals surface area contributed by atoms with Gasteiger partial charge in [0.15, 0.2) is 0 Å². The fourth-order valence-corrected chi connectivity index (χ4v) is 1.78. The molecule has 0 fully saturated rings. The lowest BCUT2D eigenvalue weighted by atomic mass is 10.2. The average molecular weight is 279 g/mol. The second-order valence-corrected chi connectivity index (χ2v) is 4.54. The lowest BCUT2D eigenvalue weighted by Crippen LogP contribution is -2.25. The minimum absolute atomic E-state index is 0.183. The Morgan fingerprint density at radius 2 is 2.20 bits per heavy atom. The Balaban J connectivity index is 1.72. The molecular weight excluding hydrogens is 261 g/mol. The first kappa shape index (κ1) is 14.6. The molecule has 0 radical (unpaired) electrons. The van der Waals surface area contributed by atoms with Crippen molar-refractivity contribution in [2.24, 2.45) is 0 Å². The smallest absolute Gasteiger partial charge is 0.129 e. The highest BCUT2D eigenvalue weighted by Crippen LogP contribution is 2.17. The van der Waals surface area contributed by atoms with Crippen LogP contribution in [0.5, 0.6) is 0 Å². The van der Waals surface area contributed by atoms with Gasteiger partial charge in [-0.2, -0.15) is 0 Å². The van der Waals surface area contributed by atoms with Crippen molar-refractivity contribution >= 4 is 5.69 Å². The van der Waals surface area contributed by atoms with Gasteiger partial charge >= 0.3 is 0 Å². The Bertz CT molecular complexity index is 528. The first-order valence-corrected chi connectivity index (χ1v) is 6.44. The van der Waals surface area contributed by atoms with Gasteiger partial charge in [0.25, 0.3) is 0 Å². The van der Waals surface area contributed by atoms with Crippen molar-refractivity contribution in [2.45, 2.75) is 19.6 Å². The van der Waals surface area contributed by atoms with Crippen LogP contribution in [0, 0.1) is 12.7 Å². The number of hydrogen-bond donors (Lipinski definition) is 2. The summed E-state index contributed by atoms with van der Waals surface area (Å²) in [7, 11) is 0. The van der Waals surface area contributed by atoms with Crippen LogP contribution in [0.2, 0.25) is 0 Å². The summed E-state index contributed by atoms with van der Waals surface area (Å²) in [4.78, 5) is 0. The zero-order chi connectivity index (χ0) is 14.4. The third-order valence-electron chi connectivity index (χ3n) is 2.93. The molecule has 1 heterocycles. The minimum Gasteiger partial charge on any atom is -0.467 e. The molecule has 0 aliphatic carbocycles. The lowest BCUT2D eigenvalue weighted by molar-refractivity contribution is 0.0282. The van der Waals surface area contributed by atoms with Gasteiger partial charge in [-0.05, 0) is 31.2 Å². The quantitative estimate of drug-likeness (QED) is 0.818. The number of ether oxygens (including phenoxy) is 1. The highest BCUT2D eigenvalue weighted by molar-refractivity contribution is 5.50. The molecule has 2 N–H and O–H groups in total. The van der Waals surface area contributed by atoms with Crippen LogP contribution in [0.4, 0.5) is 10.1 Å². The molecule has 1 atom stereocenters. The fraction of sp³-hybridized carbons (Fsp3) is 0.333. The molecular formula is C15H18FNO3. The summed E-state index contributed by atoms with van der Waals surface area (Å²) in [5.74, 6) is 0.449. The van der Waals surface area contributed by atoms with E-state index in [0.29, 0.717) is 30.2 Å². The van der Waals surface area contributed by atoms with E-state index in [0.717, 1.165) is 0 Å². The van der Waals surface area contributed by atoms with Crippen LogP contribution < -0.4 is 5.32 Å². The molecule has 108 valence electrons. The number of aliphatic hydroxyl groups is 1. The maximum atomic E-state index is 13.3. The summed E-state index contributed by atoms with van der Waals surface area (Å²) < 4.78 is 23.8. The van der Waals surface area contributed by atoms with Gasteiger partial charge in [0.05, 0.1) is 19.0 Å². The molecule has 0 saturated carbocycles. The molecule has 0 bridgehead atoms. The van der Waals surface area contributed by atoms with E-state index in [1.807, 2.05) is 0 Å². The SMILES string of the molecule is Cc1c(F)cccc1NCC(O)COCc1ccco1.